The van der Waals surface area contributed by atoms with Gasteiger partial charge in [0.2, 0.25) is 0 Å². The van der Waals surface area contributed by atoms with E-state index in [1.165, 1.54) is 110 Å². The van der Waals surface area contributed by atoms with Crippen molar-refractivity contribution < 1.29 is 0 Å². The van der Waals surface area contributed by atoms with Crippen LogP contribution in [0.15, 0.2) is 133 Å². The maximum atomic E-state index is 2.46. The molecule has 0 unspecified atom stereocenters. The highest BCUT2D eigenvalue weighted by Gasteiger charge is 2.27. The van der Waals surface area contributed by atoms with E-state index in [1.54, 1.807) is 0 Å². The molecule has 0 nitrogen and oxygen atoms in total. The van der Waals surface area contributed by atoms with Crippen molar-refractivity contribution >= 4 is 32.3 Å². The summed E-state index contributed by atoms with van der Waals surface area (Å²) in [6.45, 7) is 18.2. The second kappa shape index (κ2) is 13.3. The van der Waals surface area contributed by atoms with Gasteiger partial charge in [0.1, 0.15) is 0 Å². The van der Waals surface area contributed by atoms with Crippen LogP contribution in [0, 0.1) is 27.7 Å². The van der Waals surface area contributed by atoms with E-state index in [9.17, 15) is 0 Å². The molecule has 0 N–H and O–H groups in total. The van der Waals surface area contributed by atoms with Crippen LogP contribution in [-0.4, -0.2) is 0 Å². The maximum Gasteiger partial charge on any atom is -0.000139 e. The Labute approximate surface area is 309 Å². The van der Waals surface area contributed by atoms with Gasteiger partial charge >= 0.3 is 0 Å². The second-order valence-corrected chi connectivity index (χ2v) is 15.5. The summed E-state index contributed by atoms with van der Waals surface area (Å²) in [5.74, 6) is 0.923. The van der Waals surface area contributed by atoms with Crippen molar-refractivity contribution in [2.24, 2.45) is 0 Å². The van der Waals surface area contributed by atoms with Crippen molar-refractivity contribution in [3.8, 4) is 44.5 Å². The molecule has 0 aliphatic carbocycles. The van der Waals surface area contributed by atoms with Gasteiger partial charge in [0, 0.05) is 0 Å². The molecule has 0 heteroatoms. The summed E-state index contributed by atoms with van der Waals surface area (Å²) in [5, 5.41) is 7.83. The van der Waals surface area contributed by atoms with E-state index in [-0.39, 0.29) is 0 Å². The lowest BCUT2D eigenvalue weighted by Gasteiger charge is -2.26. The fourth-order valence-electron chi connectivity index (χ4n) is 8.23. The fraction of sp³-hybridized carbons (Fsp3) is 0.192. The number of benzene rings is 8. The van der Waals surface area contributed by atoms with E-state index < -0.39 is 0 Å². The molecule has 0 heterocycles. The third-order valence-corrected chi connectivity index (χ3v) is 11.5. The minimum Gasteiger partial charge on any atom is -0.0622 e. The van der Waals surface area contributed by atoms with Crippen LogP contribution in [0.5, 0.6) is 0 Å². The molecule has 0 atom stereocenters. The molecule has 0 aliphatic rings. The third-order valence-electron chi connectivity index (χ3n) is 11.5. The minimum atomic E-state index is 0.461. The molecular weight excluding hydrogens is 625 g/mol. The lowest BCUT2D eigenvalue weighted by atomic mass is 9.76. The highest BCUT2D eigenvalue weighted by atomic mass is 14.3. The monoisotopic (exact) mass is 672 g/mol. The summed E-state index contributed by atoms with van der Waals surface area (Å²) in [4.78, 5) is 0. The molecule has 8 aromatic carbocycles. The second-order valence-electron chi connectivity index (χ2n) is 15.5. The van der Waals surface area contributed by atoms with Gasteiger partial charge in [-0.1, -0.05) is 161 Å². The summed E-state index contributed by atoms with van der Waals surface area (Å²) >= 11 is 0. The smallest absolute Gasteiger partial charge is 0.000139 e. The van der Waals surface area contributed by atoms with Gasteiger partial charge < -0.3 is 0 Å². The zero-order chi connectivity index (χ0) is 36.3. The molecule has 0 aromatic heterocycles. The Bertz CT molecular complexity index is 2420. The predicted octanol–water partition coefficient (Wildman–Crippen LogP) is 15.3. The summed E-state index contributed by atoms with van der Waals surface area (Å²) < 4.78 is 0. The lowest BCUT2D eigenvalue weighted by molar-refractivity contribution is 0.867. The highest BCUT2D eigenvalue weighted by molar-refractivity contribution is 6.34. The van der Waals surface area contributed by atoms with Gasteiger partial charge in [0.15, 0.2) is 0 Å². The van der Waals surface area contributed by atoms with Crippen LogP contribution >= 0.6 is 0 Å². The SMILES string of the molecule is Cc1cc2c(-c3ccccc3)c3c(-c4ccc(C(C)C)cc4)c4cc(C)c(C)cc4c(-c4ccccc4)c3c(-c3ccc(C(C)C)cc3)c2cc1C. The lowest BCUT2D eigenvalue weighted by Crippen LogP contribution is -2.00. The Balaban J connectivity index is 1.74. The fourth-order valence-corrected chi connectivity index (χ4v) is 8.23. The Kier molecular flexibility index (Phi) is 8.59. The highest BCUT2D eigenvalue weighted by Crippen LogP contribution is 2.54. The first kappa shape index (κ1) is 33.7. The molecule has 52 heavy (non-hydrogen) atoms. The molecule has 8 aromatic rings. The first-order valence-corrected chi connectivity index (χ1v) is 18.9. The Morgan fingerprint density at radius 1 is 0.308 bits per heavy atom. The molecule has 0 aliphatic heterocycles. The topological polar surface area (TPSA) is 0 Å². The first-order chi connectivity index (χ1) is 25.1. The molecule has 0 spiro atoms. The Morgan fingerprint density at radius 2 is 0.558 bits per heavy atom. The first-order valence-electron chi connectivity index (χ1n) is 18.9. The number of hydrogen-bond donors (Lipinski definition) is 0. The van der Waals surface area contributed by atoms with E-state index in [0.29, 0.717) is 11.8 Å². The zero-order valence-electron chi connectivity index (χ0n) is 31.9. The van der Waals surface area contributed by atoms with Crippen molar-refractivity contribution in [1.29, 1.82) is 0 Å². The number of rotatable bonds is 6. The van der Waals surface area contributed by atoms with Crippen molar-refractivity contribution in [1.82, 2.24) is 0 Å². The molecular formula is C52H48. The van der Waals surface area contributed by atoms with Gasteiger partial charge in [-0.05, 0) is 150 Å². The van der Waals surface area contributed by atoms with E-state index in [4.69, 9.17) is 0 Å². The van der Waals surface area contributed by atoms with Gasteiger partial charge in [-0.15, -0.1) is 0 Å². The van der Waals surface area contributed by atoms with Crippen LogP contribution in [0.3, 0.4) is 0 Å². The predicted molar refractivity (Wildman–Crippen MR) is 228 cm³/mol. The molecule has 256 valence electrons. The van der Waals surface area contributed by atoms with Crippen LogP contribution in [0.1, 0.15) is 72.9 Å². The molecule has 0 fully saturated rings. The summed E-state index contributed by atoms with van der Waals surface area (Å²) in [5.41, 5.74) is 18.2. The minimum absolute atomic E-state index is 0.461. The molecule has 0 radical (unpaired) electrons. The molecule has 8 rings (SSSR count). The van der Waals surface area contributed by atoms with Gasteiger partial charge in [-0.25, -0.2) is 0 Å². The van der Waals surface area contributed by atoms with Crippen LogP contribution in [0.4, 0.5) is 0 Å². The van der Waals surface area contributed by atoms with Crippen LogP contribution in [0.25, 0.3) is 76.8 Å². The molecule has 0 saturated heterocycles. The molecule has 0 saturated carbocycles. The van der Waals surface area contributed by atoms with E-state index in [2.05, 4.69) is 189 Å². The van der Waals surface area contributed by atoms with Gasteiger partial charge in [-0.2, -0.15) is 0 Å². The van der Waals surface area contributed by atoms with E-state index in [0.717, 1.165) is 0 Å². The number of hydrogen-bond acceptors (Lipinski definition) is 0. The van der Waals surface area contributed by atoms with Crippen molar-refractivity contribution in [2.45, 2.75) is 67.2 Å². The standard InChI is InChI=1S/C52H48/c1-31(2)37-19-23-41(24-20-37)49-45-29-35(7)33(5)27-43(45)48(40-17-13-10-14-18-40)52-50(42-25-21-38(22-26-42)32(3)4)46-30-36(8)34(6)28-44(46)47(51(49)52)39-15-11-9-12-16-39/h9-32H,1-8H3. The van der Waals surface area contributed by atoms with Crippen molar-refractivity contribution in [2.75, 3.05) is 0 Å². The summed E-state index contributed by atoms with van der Waals surface area (Å²) in [7, 11) is 0. The maximum absolute atomic E-state index is 2.46. The summed E-state index contributed by atoms with van der Waals surface area (Å²) in [6, 6.07) is 50.9. The Hall–Kier alpha value is -5.46. The summed E-state index contributed by atoms with van der Waals surface area (Å²) in [6.07, 6.45) is 0. The molecule has 0 bridgehead atoms. The number of aryl methyl sites for hydroxylation is 4. The average Bonchev–Trinajstić information content (AvgIpc) is 3.15. The van der Waals surface area contributed by atoms with E-state index >= 15 is 0 Å². The van der Waals surface area contributed by atoms with Crippen LogP contribution in [-0.2, 0) is 0 Å². The quantitative estimate of drug-likeness (QED) is 0.154. The average molecular weight is 673 g/mol. The van der Waals surface area contributed by atoms with E-state index in [1.807, 2.05) is 0 Å². The largest absolute Gasteiger partial charge is 0.0622 e. The number of fused-ring (bicyclic) bond motifs is 3. The normalized spacial score (nSPS) is 11.8. The van der Waals surface area contributed by atoms with Gasteiger partial charge in [0.25, 0.3) is 0 Å². The van der Waals surface area contributed by atoms with Crippen LogP contribution in [0.2, 0.25) is 0 Å². The Morgan fingerprint density at radius 3 is 0.808 bits per heavy atom. The van der Waals surface area contributed by atoms with Crippen molar-refractivity contribution in [3.63, 3.8) is 0 Å². The van der Waals surface area contributed by atoms with Crippen LogP contribution < -0.4 is 0 Å². The molecule has 0 amide bonds. The van der Waals surface area contributed by atoms with Gasteiger partial charge in [-0.3, -0.25) is 0 Å². The third kappa shape index (κ3) is 5.62. The van der Waals surface area contributed by atoms with Gasteiger partial charge in [0.05, 0.1) is 0 Å². The van der Waals surface area contributed by atoms with Crippen molar-refractivity contribution in [3.05, 3.63) is 167 Å². The zero-order valence-corrected chi connectivity index (χ0v) is 31.9.